The fraction of sp³-hybridized carbons (Fsp3) is 0.435. The number of imidazole rings is 1. The summed E-state index contributed by atoms with van der Waals surface area (Å²) in [5.74, 6) is 0. The fourth-order valence-electron chi connectivity index (χ4n) is 3.47. The summed E-state index contributed by atoms with van der Waals surface area (Å²) in [6, 6.07) is 15.1. The second-order valence-corrected chi connectivity index (χ2v) is 6.96. The van der Waals surface area contributed by atoms with Crippen LogP contribution in [-0.2, 0) is 11.3 Å². The smallest absolute Gasteiger partial charge is 0.101 e. The Morgan fingerprint density at radius 1 is 0.962 bits per heavy atom. The normalized spacial score (nSPS) is 12.5. The average molecular weight is 351 g/mol. The van der Waals surface area contributed by atoms with Gasteiger partial charge in [-0.1, -0.05) is 81.5 Å². The summed E-state index contributed by atoms with van der Waals surface area (Å²) in [6.45, 7) is 3.87. The third-order valence-corrected chi connectivity index (χ3v) is 4.92. The Bertz CT molecular complexity index is 761. The quantitative estimate of drug-likeness (QED) is 0.388. The maximum absolute atomic E-state index is 6.37. The summed E-state index contributed by atoms with van der Waals surface area (Å²) in [7, 11) is 0. The van der Waals surface area contributed by atoms with Crippen molar-refractivity contribution in [3.8, 4) is 0 Å². The Morgan fingerprint density at radius 2 is 1.77 bits per heavy atom. The number of unbranched alkanes of at least 4 members (excludes halogenated alkanes) is 5. The van der Waals surface area contributed by atoms with Crippen LogP contribution in [0.2, 0.25) is 0 Å². The molecule has 138 valence electrons. The van der Waals surface area contributed by atoms with E-state index >= 15 is 0 Å². The standard InChI is InChI=1S/C23H30N2O/c1-2-3-4-5-6-9-17-26-23(18-25-16-15-24-19-25)22-14-10-12-20-11-7-8-13-21(20)22/h7-8,10-16,19,23H,2-6,9,17-18H2,1H3. The van der Waals surface area contributed by atoms with Gasteiger partial charge in [-0.3, -0.25) is 0 Å². The van der Waals surface area contributed by atoms with E-state index in [1.165, 1.54) is 48.4 Å². The van der Waals surface area contributed by atoms with E-state index in [0.717, 1.165) is 19.6 Å². The minimum Gasteiger partial charge on any atom is -0.372 e. The third-order valence-electron chi connectivity index (χ3n) is 4.92. The van der Waals surface area contributed by atoms with Crippen molar-refractivity contribution in [2.45, 2.75) is 58.1 Å². The summed E-state index contributed by atoms with van der Waals surface area (Å²) >= 11 is 0. The minimum atomic E-state index is 0.0472. The highest BCUT2D eigenvalue weighted by Gasteiger charge is 2.15. The first kappa shape index (κ1) is 18.7. The van der Waals surface area contributed by atoms with E-state index in [-0.39, 0.29) is 6.10 Å². The molecule has 0 saturated heterocycles. The number of benzene rings is 2. The van der Waals surface area contributed by atoms with E-state index in [9.17, 15) is 0 Å². The molecule has 0 bridgehead atoms. The molecule has 3 aromatic rings. The van der Waals surface area contributed by atoms with Crippen molar-refractivity contribution in [2.24, 2.45) is 0 Å². The number of fused-ring (bicyclic) bond motifs is 1. The second kappa shape index (κ2) is 10.1. The molecule has 26 heavy (non-hydrogen) atoms. The van der Waals surface area contributed by atoms with Gasteiger partial charge in [0.2, 0.25) is 0 Å². The molecule has 0 radical (unpaired) electrons. The van der Waals surface area contributed by atoms with Crippen LogP contribution in [0.4, 0.5) is 0 Å². The highest BCUT2D eigenvalue weighted by atomic mass is 16.5. The zero-order chi connectivity index (χ0) is 18.0. The molecule has 0 spiro atoms. The van der Waals surface area contributed by atoms with Gasteiger partial charge in [-0.05, 0) is 22.8 Å². The first-order valence-electron chi connectivity index (χ1n) is 9.93. The van der Waals surface area contributed by atoms with Crippen molar-refractivity contribution in [3.05, 3.63) is 66.7 Å². The van der Waals surface area contributed by atoms with Gasteiger partial charge in [0.1, 0.15) is 6.10 Å². The van der Waals surface area contributed by atoms with Crippen LogP contribution in [0.5, 0.6) is 0 Å². The predicted molar refractivity (Wildman–Crippen MR) is 108 cm³/mol. The summed E-state index contributed by atoms with van der Waals surface area (Å²) < 4.78 is 8.47. The van der Waals surface area contributed by atoms with Gasteiger partial charge in [0.15, 0.2) is 0 Å². The molecule has 3 rings (SSSR count). The van der Waals surface area contributed by atoms with Gasteiger partial charge in [-0.25, -0.2) is 4.98 Å². The summed E-state index contributed by atoms with van der Waals surface area (Å²) in [4.78, 5) is 4.18. The molecule has 0 aliphatic heterocycles. The number of rotatable bonds is 11. The van der Waals surface area contributed by atoms with Gasteiger partial charge < -0.3 is 9.30 Å². The number of ether oxygens (including phenoxy) is 1. The van der Waals surface area contributed by atoms with Crippen LogP contribution >= 0.6 is 0 Å². The summed E-state index contributed by atoms with van der Waals surface area (Å²) in [5.41, 5.74) is 1.27. The van der Waals surface area contributed by atoms with Crippen LogP contribution in [0.25, 0.3) is 10.8 Å². The lowest BCUT2D eigenvalue weighted by Gasteiger charge is -2.21. The minimum absolute atomic E-state index is 0.0472. The van der Waals surface area contributed by atoms with Crippen molar-refractivity contribution in [1.82, 2.24) is 9.55 Å². The highest BCUT2D eigenvalue weighted by Crippen LogP contribution is 2.28. The number of nitrogens with zero attached hydrogens (tertiary/aromatic N) is 2. The first-order chi connectivity index (χ1) is 12.9. The first-order valence-corrected chi connectivity index (χ1v) is 9.93. The lowest BCUT2D eigenvalue weighted by atomic mass is 10.00. The van der Waals surface area contributed by atoms with Gasteiger partial charge in [0.05, 0.1) is 12.9 Å². The van der Waals surface area contributed by atoms with Crippen molar-refractivity contribution in [2.75, 3.05) is 6.61 Å². The molecule has 0 amide bonds. The van der Waals surface area contributed by atoms with Gasteiger partial charge in [-0.15, -0.1) is 0 Å². The molecule has 0 fully saturated rings. The molecule has 1 atom stereocenters. The largest absolute Gasteiger partial charge is 0.372 e. The monoisotopic (exact) mass is 350 g/mol. The molecule has 0 aliphatic carbocycles. The van der Waals surface area contributed by atoms with Gasteiger partial charge in [0.25, 0.3) is 0 Å². The van der Waals surface area contributed by atoms with E-state index in [4.69, 9.17) is 4.74 Å². The summed E-state index contributed by atoms with van der Waals surface area (Å²) in [5, 5.41) is 2.55. The van der Waals surface area contributed by atoms with Crippen molar-refractivity contribution in [1.29, 1.82) is 0 Å². The molecular weight excluding hydrogens is 320 g/mol. The van der Waals surface area contributed by atoms with E-state index in [1.54, 1.807) is 0 Å². The topological polar surface area (TPSA) is 27.1 Å². The number of hydrogen-bond donors (Lipinski definition) is 0. The molecule has 2 aromatic carbocycles. The van der Waals surface area contributed by atoms with Crippen LogP contribution < -0.4 is 0 Å². The van der Waals surface area contributed by atoms with Crippen molar-refractivity contribution < 1.29 is 4.74 Å². The lowest BCUT2D eigenvalue weighted by molar-refractivity contribution is 0.0389. The summed E-state index contributed by atoms with van der Waals surface area (Å²) in [6.07, 6.45) is 13.4. The Labute approximate surface area is 157 Å². The Balaban J connectivity index is 1.67. The number of aromatic nitrogens is 2. The van der Waals surface area contributed by atoms with Crippen LogP contribution in [0.15, 0.2) is 61.2 Å². The molecule has 3 heteroatoms. The van der Waals surface area contributed by atoms with E-state index in [2.05, 4.69) is 58.9 Å². The highest BCUT2D eigenvalue weighted by molar-refractivity contribution is 5.85. The molecule has 1 aromatic heterocycles. The van der Waals surface area contributed by atoms with Gasteiger partial charge in [-0.2, -0.15) is 0 Å². The van der Waals surface area contributed by atoms with E-state index in [1.807, 2.05) is 18.7 Å². The average Bonchev–Trinajstić information content (AvgIpc) is 3.19. The molecule has 0 N–H and O–H groups in total. The molecule has 0 saturated carbocycles. The van der Waals surface area contributed by atoms with E-state index < -0.39 is 0 Å². The third kappa shape index (κ3) is 5.18. The zero-order valence-corrected chi connectivity index (χ0v) is 15.8. The Morgan fingerprint density at radius 3 is 2.62 bits per heavy atom. The van der Waals surface area contributed by atoms with Gasteiger partial charge in [0, 0.05) is 19.0 Å². The van der Waals surface area contributed by atoms with Gasteiger partial charge >= 0.3 is 0 Å². The molecule has 3 nitrogen and oxygen atoms in total. The molecule has 0 aliphatic rings. The van der Waals surface area contributed by atoms with Crippen LogP contribution in [0, 0.1) is 0 Å². The second-order valence-electron chi connectivity index (χ2n) is 6.96. The van der Waals surface area contributed by atoms with Crippen LogP contribution in [-0.4, -0.2) is 16.2 Å². The Kier molecular flexibility index (Phi) is 7.26. The molecule has 1 heterocycles. The molecular formula is C23H30N2O. The number of hydrogen-bond acceptors (Lipinski definition) is 2. The van der Waals surface area contributed by atoms with E-state index in [0.29, 0.717) is 0 Å². The van der Waals surface area contributed by atoms with Crippen LogP contribution in [0.3, 0.4) is 0 Å². The van der Waals surface area contributed by atoms with Crippen molar-refractivity contribution >= 4 is 10.8 Å². The SMILES string of the molecule is CCCCCCCCOC(Cn1ccnc1)c1cccc2ccccc12. The van der Waals surface area contributed by atoms with Crippen LogP contribution in [0.1, 0.15) is 57.1 Å². The fourth-order valence-corrected chi connectivity index (χ4v) is 3.47. The maximum Gasteiger partial charge on any atom is 0.101 e. The maximum atomic E-state index is 6.37. The Hall–Kier alpha value is -2.13. The molecule has 1 unspecified atom stereocenters. The zero-order valence-electron chi connectivity index (χ0n) is 15.8. The lowest BCUT2D eigenvalue weighted by Crippen LogP contribution is -2.13. The van der Waals surface area contributed by atoms with Crippen molar-refractivity contribution in [3.63, 3.8) is 0 Å². The predicted octanol–water partition coefficient (Wildman–Crippen LogP) is 6.15.